The molecule has 7 aromatic carbocycles. The molecule has 21 nitrogen and oxygen atoms in total. The molecule has 0 bridgehead atoms. The highest BCUT2D eigenvalue weighted by molar-refractivity contribution is 8.00. The quantitative estimate of drug-likeness (QED) is 0.0864. The molecule has 15 rings (SSSR count). The molecule has 0 amide bonds. The van der Waals surface area contributed by atoms with Crippen molar-refractivity contribution in [3.8, 4) is 33.8 Å². The van der Waals surface area contributed by atoms with Gasteiger partial charge in [-0.25, -0.2) is 40.2 Å². The largest absolute Gasteiger partial charge is 0.379 e. The maximum atomic E-state index is 13.4. The molecule has 0 atom stereocenters. The first-order chi connectivity index (χ1) is 49.7. The Balaban J connectivity index is 0.000000138. The third-order valence-corrected chi connectivity index (χ3v) is 26.4. The van der Waals surface area contributed by atoms with Gasteiger partial charge < -0.3 is 14.2 Å². The number of pyridine rings is 1. The second kappa shape index (κ2) is 31.8. The summed E-state index contributed by atoms with van der Waals surface area (Å²) in [6, 6.07) is 52.4. The Labute approximate surface area is 612 Å². The fraction of sp³-hybridized carbons (Fsp3) is 0.250. The Morgan fingerprint density at radius 3 is 1.06 bits per heavy atom. The first-order valence-corrected chi connectivity index (χ1v) is 40.1. The molecule has 3 fully saturated rings. The zero-order valence-corrected chi connectivity index (χ0v) is 62.6. The molecule has 0 aliphatic carbocycles. The van der Waals surface area contributed by atoms with Crippen LogP contribution < -0.4 is 0 Å². The predicted molar refractivity (Wildman–Crippen MR) is 402 cm³/mol. The molecule has 3 aliphatic heterocycles. The van der Waals surface area contributed by atoms with E-state index in [1.54, 1.807) is 55.3 Å². The Morgan fingerprint density at radius 1 is 0.350 bits per heavy atom. The van der Waals surface area contributed by atoms with Crippen LogP contribution in [0.3, 0.4) is 0 Å². The van der Waals surface area contributed by atoms with Gasteiger partial charge in [0.2, 0.25) is 30.1 Å². The monoisotopic (exact) mass is 1490 g/mol. The highest BCUT2D eigenvalue weighted by Gasteiger charge is 2.32. The van der Waals surface area contributed by atoms with Crippen LogP contribution in [0.2, 0.25) is 0 Å². The van der Waals surface area contributed by atoms with Gasteiger partial charge in [0, 0.05) is 111 Å². The topological polar surface area (TPSA) is 256 Å². The molecular formula is C76H74N12O9S6. The zero-order chi connectivity index (χ0) is 72.0. The lowest BCUT2D eigenvalue weighted by molar-refractivity contribution is 0.0730. The van der Waals surface area contributed by atoms with Gasteiger partial charge in [-0.3, -0.25) is 0 Å². The van der Waals surface area contributed by atoms with Crippen molar-refractivity contribution in [1.29, 1.82) is 0 Å². The number of hydrogen-bond acceptors (Lipinski definition) is 21. The molecule has 0 radical (unpaired) electrons. The van der Waals surface area contributed by atoms with Crippen LogP contribution >= 0.6 is 35.3 Å². The summed E-state index contributed by atoms with van der Waals surface area (Å²) in [4.78, 5) is 15.1. The molecule has 5 aromatic heterocycles. The van der Waals surface area contributed by atoms with E-state index < -0.39 is 30.1 Å². The van der Waals surface area contributed by atoms with E-state index in [9.17, 15) is 25.3 Å². The molecule has 12 aromatic rings. The molecule has 3 aliphatic rings. The molecule has 0 spiro atoms. The number of benzene rings is 7. The van der Waals surface area contributed by atoms with Crippen molar-refractivity contribution in [3.63, 3.8) is 0 Å². The van der Waals surface area contributed by atoms with E-state index in [1.165, 1.54) is 47.6 Å². The van der Waals surface area contributed by atoms with Gasteiger partial charge in [-0.05, 0) is 154 Å². The summed E-state index contributed by atoms with van der Waals surface area (Å²) in [7, 11) is -10.9. The summed E-state index contributed by atoms with van der Waals surface area (Å²) in [6.45, 7) is 18.2. The summed E-state index contributed by atoms with van der Waals surface area (Å²) >= 11 is 4.41. The van der Waals surface area contributed by atoms with Crippen LogP contribution in [0.15, 0.2) is 221 Å². The molecule has 0 N–H and O–H groups in total. The number of aromatic nitrogens is 9. The highest BCUT2D eigenvalue weighted by atomic mass is 32.2. The van der Waals surface area contributed by atoms with E-state index in [2.05, 4.69) is 77.6 Å². The van der Waals surface area contributed by atoms with Crippen LogP contribution in [-0.4, -0.2) is 163 Å². The molecule has 8 heterocycles. The molecule has 103 heavy (non-hydrogen) atoms. The summed E-state index contributed by atoms with van der Waals surface area (Å²) in [5.41, 5.74) is 10.7. The Bertz CT molecular complexity index is 5240. The predicted octanol–water partition coefficient (Wildman–Crippen LogP) is 13.8. The highest BCUT2D eigenvalue weighted by Crippen LogP contribution is 2.41. The van der Waals surface area contributed by atoms with Crippen molar-refractivity contribution in [2.75, 3.05) is 78.9 Å². The Morgan fingerprint density at radius 2 is 0.689 bits per heavy atom. The second-order valence-corrected chi connectivity index (χ2v) is 33.7. The average Bonchev–Trinajstić information content (AvgIpc) is 0.778. The van der Waals surface area contributed by atoms with E-state index in [-0.39, 0.29) is 4.90 Å². The minimum atomic E-state index is -3.64. The number of morpholine rings is 3. The summed E-state index contributed by atoms with van der Waals surface area (Å²) < 4.78 is 101. The normalized spacial score (nSPS) is 15.0. The first-order valence-electron chi connectivity index (χ1n) is 33.4. The average molecular weight is 1490 g/mol. The number of rotatable bonds is 15. The third kappa shape index (κ3) is 16.4. The van der Waals surface area contributed by atoms with E-state index in [0.29, 0.717) is 144 Å². The van der Waals surface area contributed by atoms with E-state index >= 15 is 0 Å². The lowest BCUT2D eigenvalue weighted by Crippen LogP contribution is -2.40. The van der Waals surface area contributed by atoms with Crippen LogP contribution in [0.4, 0.5) is 0 Å². The Kier molecular flexibility index (Phi) is 22.5. The van der Waals surface area contributed by atoms with Crippen molar-refractivity contribution in [2.24, 2.45) is 0 Å². The van der Waals surface area contributed by atoms with Gasteiger partial charge in [0.1, 0.15) is 37.2 Å². The fourth-order valence-corrected chi connectivity index (χ4v) is 20.3. The SMILES string of the molecule is Cc1cc(C)cc(Sc2nnc(-c3ccc(C)c(S(=O)(=O)N4CCOCC4)c3)c3ccccc23)c1.Cc1cc(C)nc(Sc2nnc(-c3ccc(C)c(S(=O)(=O)N4CCOCC4)c3)c3ccccc23)c1.Cc1ccc(-c2nnc(Sc3ncccn3)c3ccccc23)cc1S(=O)(=O)N1CCOCC1. The van der Waals surface area contributed by atoms with Crippen molar-refractivity contribution in [3.05, 3.63) is 215 Å². The van der Waals surface area contributed by atoms with Crippen molar-refractivity contribution in [2.45, 2.75) is 93.3 Å². The third-order valence-electron chi connectivity index (χ3n) is 17.5. The maximum Gasteiger partial charge on any atom is 0.243 e. The van der Waals surface area contributed by atoms with Crippen LogP contribution in [0, 0.1) is 48.5 Å². The molecule has 27 heteroatoms. The summed E-state index contributed by atoms with van der Waals surface area (Å²) in [5.74, 6) is 0. The second-order valence-electron chi connectivity index (χ2n) is 25.0. The van der Waals surface area contributed by atoms with Gasteiger partial charge in [0.15, 0.2) is 5.16 Å². The van der Waals surface area contributed by atoms with Gasteiger partial charge in [-0.2, -0.15) is 12.9 Å². The van der Waals surface area contributed by atoms with Crippen molar-refractivity contribution < 1.29 is 39.5 Å². The zero-order valence-electron chi connectivity index (χ0n) is 57.7. The summed E-state index contributed by atoms with van der Waals surface area (Å²) in [6.07, 6.45) is 3.37. The molecule has 528 valence electrons. The lowest BCUT2D eigenvalue weighted by atomic mass is 10.0. The number of hydrogen-bond donors (Lipinski definition) is 0. The minimum Gasteiger partial charge on any atom is -0.379 e. The number of nitrogens with zero attached hydrogens (tertiary/aromatic N) is 12. The van der Waals surface area contributed by atoms with Gasteiger partial charge in [-0.1, -0.05) is 127 Å². The van der Waals surface area contributed by atoms with Gasteiger partial charge in [0.05, 0.1) is 54.3 Å². The van der Waals surface area contributed by atoms with Crippen LogP contribution in [0.25, 0.3) is 66.1 Å². The number of fused-ring (bicyclic) bond motifs is 3. The van der Waals surface area contributed by atoms with Gasteiger partial charge in [-0.15, -0.1) is 30.6 Å². The number of aryl methyl sites for hydroxylation is 7. The standard InChI is InChI=1S/C27H27N3O3S2.C26H26N4O3S2.C23H21N5O3S2/c1-18-14-19(2)16-22(15-18)34-27-24-7-5-4-6-23(24)26(28-29-27)21-9-8-20(3)25(17-21)35(31,32)30-10-12-33-13-11-30;1-17-14-19(3)27-24(15-17)34-26-22-7-5-4-6-21(22)25(28-29-26)20-9-8-18(2)23(16-20)35(31,32)30-10-12-33-13-11-30;1-16-7-8-17(15-20(16)33(29,30)28-11-13-31-14-12-28)21-18-5-2-3-6-19(18)22(27-26-21)32-23-24-9-4-10-25-23/h4-9,14-17H,10-13H2,1-3H3;4-9,14-16H,10-13H2,1-3H3;2-10,15H,11-14H2,1H3. The Hall–Kier alpha value is -8.55. The molecule has 3 saturated heterocycles. The molecular weight excluding hydrogens is 1420 g/mol. The minimum absolute atomic E-state index is 0.281. The smallest absolute Gasteiger partial charge is 0.243 e. The number of sulfonamides is 3. The van der Waals surface area contributed by atoms with Gasteiger partial charge in [0.25, 0.3) is 0 Å². The van der Waals surface area contributed by atoms with E-state index in [1.807, 2.05) is 149 Å². The van der Waals surface area contributed by atoms with Crippen LogP contribution in [0.1, 0.15) is 39.1 Å². The first kappa shape index (κ1) is 72.8. The van der Waals surface area contributed by atoms with E-state index in [0.717, 1.165) is 69.1 Å². The molecule has 0 unspecified atom stereocenters. The summed E-state index contributed by atoms with van der Waals surface area (Å²) in [5, 5.41) is 36.5. The lowest BCUT2D eigenvalue weighted by Gasteiger charge is -2.26. The molecule has 0 saturated carbocycles. The van der Waals surface area contributed by atoms with Crippen molar-refractivity contribution in [1.82, 2.24) is 58.5 Å². The van der Waals surface area contributed by atoms with Gasteiger partial charge >= 0.3 is 0 Å². The van der Waals surface area contributed by atoms with Crippen LogP contribution in [0.5, 0.6) is 0 Å². The fourth-order valence-electron chi connectivity index (χ4n) is 12.4. The maximum absolute atomic E-state index is 13.4. The van der Waals surface area contributed by atoms with Crippen LogP contribution in [-0.2, 0) is 44.3 Å². The van der Waals surface area contributed by atoms with Crippen molar-refractivity contribution >= 4 is 97.7 Å². The van der Waals surface area contributed by atoms with E-state index in [4.69, 9.17) is 14.2 Å². The number of ether oxygens (including phenoxy) is 3.